The van der Waals surface area contributed by atoms with E-state index in [4.69, 9.17) is 5.11 Å². The Labute approximate surface area is 127 Å². The molecule has 22 heavy (non-hydrogen) atoms. The summed E-state index contributed by atoms with van der Waals surface area (Å²) in [5.74, 6) is -2.30. The van der Waals surface area contributed by atoms with E-state index < -0.39 is 24.4 Å². The minimum absolute atomic E-state index is 0.312. The van der Waals surface area contributed by atoms with Gasteiger partial charge in [0.15, 0.2) is 0 Å². The van der Waals surface area contributed by atoms with E-state index in [1.807, 2.05) is 48.5 Å². The second-order valence-electron chi connectivity index (χ2n) is 5.26. The Morgan fingerprint density at radius 1 is 0.955 bits per heavy atom. The van der Waals surface area contributed by atoms with Crippen LogP contribution in [0.25, 0.3) is 11.1 Å². The van der Waals surface area contributed by atoms with Crippen LogP contribution in [0.2, 0.25) is 0 Å². The first-order chi connectivity index (χ1) is 10.6. The molecule has 0 fully saturated rings. The van der Waals surface area contributed by atoms with Crippen molar-refractivity contribution in [3.8, 4) is 11.1 Å². The van der Waals surface area contributed by atoms with E-state index in [0.717, 1.165) is 22.3 Å². The number of rotatable bonds is 5. The molecule has 0 saturated heterocycles. The van der Waals surface area contributed by atoms with Gasteiger partial charge < -0.3 is 10.2 Å². The molecule has 0 aliphatic heterocycles. The van der Waals surface area contributed by atoms with Gasteiger partial charge in [-0.1, -0.05) is 48.5 Å². The molecule has 3 rings (SSSR count). The van der Waals surface area contributed by atoms with Crippen LogP contribution in [0.1, 0.15) is 23.6 Å². The van der Waals surface area contributed by atoms with E-state index in [1.54, 1.807) is 0 Å². The molecule has 3 N–H and O–H groups in total. The van der Waals surface area contributed by atoms with Crippen LogP contribution < -0.4 is 5.32 Å². The van der Waals surface area contributed by atoms with Crippen LogP contribution in [0.3, 0.4) is 0 Å². The molecule has 0 heterocycles. The maximum absolute atomic E-state index is 11.3. The number of fused-ring (bicyclic) bond motifs is 3. The van der Waals surface area contributed by atoms with Crippen molar-refractivity contribution in [3.05, 3.63) is 59.7 Å². The lowest BCUT2D eigenvalue weighted by molar-refractivity contribution is -0.146. The van der Waals surface area contributed by atoms with Gasteiger partial charge in [0.1, 0.15) is 6.04 Å². The quantitative estimate of drug-likeness (QED) is 0.788. The Bertz CT molecular complexity index is 695. The summed E-state index contributed by atoms with van der Waals surface area (Å²) in [4.78, 5) is 22.2. The zero-order chi connectivity index (χ0) is 15.7. The van der Waals surface area contributed by atoms with Gasteiger partial charge in [-0.3, -0.25) is 14.9 Å². The summed E-state index contributed by atoms with van der Waals surface area (Å²) < 4.78 is 0. The normalized spacial score (nSPS) is 14.2. The van der Waals surface area contributed by atoms with Crippen molar-refractivity contribution >= 4 is 11.9 Å². The van der Waals surface area contributed by atoms with Crippen molar-refractivity contribution in [2.75, 3.05) is 0 Å². The van der Waals surface area contributed by atoms with E-state index in [2.05, 4.69) is 5.32 Å². The summed E-state index contributed by atoms with van der Waals surface area (Å²) in [6.45, 7) is 0. The number of hydrogen-bond acceptors (Lipinski definition) is 3. The largest absolute Gasteiger partial charge is 0.481 e. The lowest BCUT2D eigenvalue weighted by Crippen LogP contribution is -2.40. The molecule has 0 spiro atoms. The molecule has 1 aliphatic carbocycles. The lowest BCUT2D eigenvalue weighted by atomic mass is 10.0. The summed E-state index contributed by atoms with van der Waals surface area (Å²) in [5.41, 5.74) is 4.05. The molecule has 5 heteroatoms. The highest BCUT2D eigenvalue weighted by atomic mass is 16.4. The zero-order valence-electron chi connectivity index (χ0n) is 11.7. The maximum Gasteiger partial charge on any atom is 0.321 e. The Hall–Kier alpha value is -2.66. The first-order valence-corrected chi connectivity index (χ1v) is 6.97. The molecule has 0 bridgehead atoms. The van der Waals surface area contributed by atoms with Gasteiger partial charge in [-0.05, 0) is 22.3 Å². The molecule has 1 aliphatic rings. The second-order valence-corrected chi connectivity index (χ2v) is 5.26. The number of carboxylic acids is 2. The monoisotopic (exact) mass is 297 g/mol. The van der Waals surface area contributed by atoms with Gasteiger partial charge in [0.05, 0.1) is 12.5 Å². The fourth-order valence-electron chi connectivity index (χ4n) is 2.93. The molecule has 112 valence electrons. The Kier molecular flexibility index (Phi) is 3.65. The number of carbonyl (C=O) groups is 2. The van der Waals surface area contributed by atoms with Gasteiger partial charge in [0.25, 0.3) is 0 Å². The molecule has 2 aromatic rings. The molecule has 0 saturated carbocycles. The predicted octanol–water partition coefficient (Wildman–Crippen LogP) is 2.27. The van der Waals surface area contributed by atoms with Crippen molar-refractivity contribution in [1.29, 1.82) is 0 Å². The molecule has 0 amide bonds. The molecule has 2 aromatic carbocycles. The van der Waals surface area contributed by atoms with Crippen LogP contribution >= 0.6 is 0 Å². The summed E-state index contributed by atoms with van der Waals surface area (Å²) in [6, 6.07) is 14.1. The minimum atomic E-state index is -1.16. The van der Waals surface area contributed by atoms with Crippen LogP contribution in [-0.4, -0.2) is 28.2 Å². The topological polar surface area (TPSA) is 86.6 Å². The van der Waals surface area contributed by atoms with Gasteiger partial charge in [0, 0.05) is 0 Å². The molecule has 0 radical (unpaired) electrons. The molecular weight excluding hydrogens is 282 g/mol. The van der Waals surface area contributed by atoms with E-state index in [0.29, 0.717) is 0 Å². The second kappa shape index (κ2) is 5.61. The van der Waals surface area contributed by atoms with E-state index >= 15 is 0 Å². The highest BCUT2D eigenvalue weighted by Crippen LogP contribution is 2.43. The predicted molar refractivity (Wildman–Crippen MR) is 80.5 cm³/mol. The lowest BCUT2D eigenvalue weighted by Gasteiger charge is -2.20. The first-order valence-electron chi connectivity index (χ1n) is 6.97. The van der Waals surface area contributed by atoms with Crippen LogP contribution in [-0.2, 0) is 9.59 Å². The summed E-state index contributed by atoms with van der Waals surface area (Å²) in [7, 11) is 0. The van der Waals surface area contributed by atoms with Gasteiger partial charge in [-0.15, -0.1) is 0 Å². The molecule has 0 aromatic heterocycles. The van der Waals surface area contributed by atoms with Crippen LogP contribution in [0.4, 0.5) is 0 Å². The highest BCUT2D eigenvalue weighted by molar-refractivity contribution is 5.82. The van der Waals surface area contributed by atoms with Gasteiger partial charge in [0.2, 0.25) is 0 Å². The molecule has 0 unspecified atom stereocenters. The third kappa shape index (κ3) is 2.46. The number of benzene rings is 2. The van der Waals surface area contributed by atoms with Crippen molar-refractivity contribution in [2.24, 2.45) is 0 Å². The smallest absolute Gasteiger partial charge is 0.321 e. The van der Waals surface area contributed by atoms with Crippen molar-refractivity contribution in [2.45, 2.75) is 18.5 Å². The minimum Gasteiger partial charge on any atom is -0.481 e. The van der Waals surface area contributed by atoms with Crippen molar-refractivity contribution < 1.29 is 19.8 Å². The van der Waals surface area contributed by atoms with Crippen molar-refractivity contribution in [1.82, 2.24) is 5.32 Å². The third-order valence-electron chi connectivity index (χ3n) is 3.88. The molecule has 1 atom stereocenters. The van der Waals surface area contributed by atoms with Crippen LogP contribution in [0, 0.1) is 0 Å². The number of aliphatic carboxylic acids is 2. The highest BCUT2D eigenvalue weighted by Gasteiger charge is 2.32. The SMILES string of the molecule is O=C(O)C[C@H](NC1c2ccccc2-c2ccccc21)C(=O)O. The fraction of sp³-hybridized carbons (Fsp3) is 0.176. The Morgan fingerprint density at radius 2 is 1.45 bits per heavy atom. The summed E-state index contributed by atoms with van der Waals surface area (Å²) in [5, 5.41) is 21.1. The number of nitrogens with one attached hydrogen (secondary N) is 1. The summed E-state index contributed by atoms with van der Waals surface area (Å²) >= 11 is 0. The van der Waals surface area contributed by atoms with E-state index in [-0.39, 0.29) is 6.04 Å². The Balaban J connectivity index is 2.00. The van der Waals surface area contributed by atoms with Crippen LogP contribution in [0.15, 0.2) is 48.5 Å². The third-order valence-corrected chi connectivity index (χ3v) is 3.88. The van der Waals surface area contributed by atoms with Gasteiger partial charge >= 0.3 is 11.9 Å². The molecular formula is C17H15NO4. The van der Waals surface area contributed by atoms with Gasteiger partial charge in [-0.25, -0.2) is 0 Å². The van der Waals surface area contributed by atoms with E-state index in [9.17, 15) is 14.7 Å². The Morgan fingerprint density at radius 3 is 1.91 bits per heavy atom. The first kappa shape index (κ1) is 14.3. The van der Waals surface area contributed by atoms with Gasteiger partial charge in [-0.2, -0.15) is 0 Å². The summed E-state index contributed by atoms with van der Waals surface area (Å²) in [6.07, 6.45) is -0.462. The van der Waals surface area contributed by atoms with Crippen molar-refractivity contribution in [3.63, 3.8) is 0 Å². The average Bonchev–Trinajstić information content (AvgIpc) is 2.81. The maximum atomic E-state index is 11.3. The fourth-order valence-corrected chi connectivity index (χ4v) is 2.93. The standard InChI is InChI=1S/C17H15NO4/c19-15(20)9-14(17(21)22)18-16-12-7-3-1-5-10(12)11-6-2-4-8-13(11)16/h1-8,14,16,18H,9H2,(H,19,20)(H,21,22)/t14-/m0/s1. The number of carboxylic acid groups (broad SMARTS) is 2. The molecule has 5 nitrogen and oxygen atoms in total. The number of hydrogen-bond donors (Lipinski definition) is 3. The van der Waals surface area contributed by atoms with Crippen LogP contribution in [0.5, 0.6) is 0 Å². The van der Waals surface area contributed by atoms with E-state index in [1.165, 1.54) is 0 Å². The average molecular weight is 297 g/mol. The zero-order valence-corrected chi connectivity index (χ0v) is 11.7.